The van der Waals surface area contributed by atoms with E-state index in [1.54, 1.807) is 30.6 Å². The van der Waals surface area contributed by atoms with Crippen LogP contribution >= 0.6 is 0 Å². The summed E-state index contributed by atoms with van der Waals surface area (Å²) in [4.78, 5) is 30.0. The van der Waals surface area contributed by atoms with Gasteiger partial charge in [-0.1, -0.05) is 18.2 Å². The number of nitrogens with zero attached hydrogens (tertiary/aromatic N) is 5. The normalized spacial score (nSPS) is 16.4. The highest BCUT2D eigenvalue weighted by Gasteiger charge is 2.41. The number of anilines is 3. The van der Waals surface area contributed by atoms with Crippen LogP contribution in [0.25, 0.3) is 22.5 Å². The molecular formula is C27H20F4N6O. The van der Waals surface area contributed by atoms with E-state index in [1.165, 1.54) is 35.4 Å². The van der Waals surface area contributed by atoms with Gasteiger partial charge in [-0.25, -0.2) is 19.2 Å². The average molecular weight is 520 g/mol. The molecule has 4 heterocycles. The molecule has 38 heavy (non-hydrogen) atoms. The molecule has 4 aromatic rings. The number of alkyl halides is 3. The average Bonchev–Trinajstić information content (AvgIpc) is 3.32. The smallest absolute Gasteiger partial charge is 0.365 e. The molecule has 1 N–H and O–H groups in total. The number of halogens is 4. The predicted molar refractivity (Wildman–Crippen MR) is 134 cm³/mol. The van der Waals surface area contributed by atoms with Crippen LogP contribution in [0, 0.1) is 5.82 Å². The van der Waals surface area contributed by atoms with Crippen molar-refractivity contribution in [2.45, 2.75) is 18.6 Å². The van der Waals surface area contributed by atoms with Crippen molar-refractivity contribution in [3.63, 3.8) is 0 Å². The van der Waals surface area contributed by atoms with Crippen LogP contribution in [0.2, 0.25) is 0 Å². The molecule has 2 aromatic heterocycles. The molecule has 0 saturated carbocycles. The SMILES string of the molecule is O=C(Nc1cc(F)cc(-c2cccnc2)c1)N1c2nc(-c3cccc(C(F)(F)F)c3)ncc2N2CC[C@H]1C2. The van der Waals surface area contributed by atoms with Gasteiger partial charge in [-0.3, -0.25) is 9.88 Å². The molecule has 6 rings (SSSR count). The number of hydrogen-bond donors (Lipinski definition) is 1. The molecule has 0 spiro atoms. The molecule has 11 heteroatoms. The Morgan fingerprint density at radius 3 is 2.63 bits per heavy atom. The second-order valence-electron chi connectivity index (χ2n) is 9.14. The highest BCUT2D eigenvalue weighted by atomic mass is 19.4. The van der Waals surface area contributed by atoms with Crippen molar-refractivity contribution in [3.8, 4) is 22.5 Å². The van der Waals surface area contributed by atoms with Crippen LogP contribution in [0.5, 0.6) is 0 Å². The summed E-state index contributed by atoms with van der Waals surface area (Å²) in [5.74, 6) is -0.163. The third-order valence-electron chi connectivity index (χ3n) is 6.66. The van der Waals surface area contributed by atoms with Crippen LogP contribution < -0.4 is 15.1 Å². The van der Waals surface area contributed by atoms with Crippen molar-refractivity contribution in [3.05, 3.63) is 84.6 Å². The van der Waals surface area contributed by atoms with Gasteiger partial charge in [-0.15, -0.1) is 0 Å². The van der Waals surface area contributed by atoms with Crippen LogP contribution in [0.3, 0.4) is 0 Å². The number of urea groups is 1. The molecule has 2 aliphatic rings. The highest BCUT2D eigenvalue weighted by molar-refractivity contribution is 6.05. The first-order valence-electron chi connectivity index (χ1n) is 11.9. The lowest BCUT2D eigenvalue weighted by Crippen LogP contribution is -2.48. The summed E-state index contributed by atoms with van der Waals surface area (Å²) in [5, 5.41) is 2.77. The molecule has 0 aliphatic carbocycles. The van der Waals surface area contributed by atoms with Crippen molar-refractivity contribution in [1.29, 1.82) is 0 Å². The monoisotopic (exact) mass is 520 g/mol. The van der Waals surface area contributed by atoms with Gasteiger partial charge in [0.2, 0.25) is 0 Å². The summed E-state index contributed by atoms with van der Waals surface area (Å²) in [7, 11) is 0. The van der Waals surface area contributed by atoms with Gasteiger partial charge >= 0.3 is 12.2 Å². The lowest BCUT2D eigenvalue weighted by Gasteiger charge is -2.35. The standard InChI is InChI=1S/C27H20F4N6O/c28-20-10-18(17-4-2-7-32-13-17)11-21(12-20)34-26(38)37-22-6-8-36(15-22)23-14-33-24(35-25(23)37)16-3-1-5-19(9-16)27(29,30)31/h1-5,7,9-14,22H,6,8,15H2,(H,34,38)/t22-/m0/s1. The summed E-state index contributed by atoms with van der Waals surface area (Å²) >= 11 is 0. The number of nitrogens with one attached hydrogen (secondary N) is 1. The Bertz CT molecular complexity index is 1530. The van der Waals surface area contributed by atoms with Gasteiger partial charge in [0, 0.05) is 42.3 Å². The maximum absolute atomic E-state index is 14.5. The van der Waals surface area contributed by atoms with Gasteiger partial charge in [0.05, 0.1) is 23.5 Å². The van der Waals surface area contributed by atoms with Crippen LogP contribution in [0.4, 0.5) is 39.5 Å². The Labute approximate surface area is 214 Å². The zero-order valence-electron chi connectivity index (χ0n) is 19.8. The van der Waals surface area contributed by atoms with Crippen LogP contribution in [0.15, 0.2) is 73.2 Å². The second-order valence-corrected chi connectivity index (χ2v) is 9.14. The van der Waals surface area contributed by atoms with Crippen LogP contribution in [-0.4, -0.2) is 40.1 Å². The summed E-state index contributed by atoms with van der Waals surface area (Å²) in [5.41, 5.74) is 1.47. The highest BCUT2D eigenvalue weighted by Crippen LogP contribution is 2.40. The molecule has 1 saturated heterocycles. The molecule has 0 radical (unpaired) electrons. The molecule has 192 valence electrons. The first-order valence-corrected chi connectivity index (χ1v) is 11.9. The number of carbonyl (C=O) groups excluding carboxylic acids is 1. The number of hydrogen-bond acceptors (Lipinski definition) is 5. The molecule has 1 fully saturated rings. The molecule has 2 amide bonds. The van der Waals surface area contributed by atoms with Gasteiger partial charge in [0.1, 0.15) is 5.82 Å². The van der Waals surface area contributed by atoms with Gasteiger partial charge in [-0.05, 0) is 48.4 Å². The van der Waals surface area contributed by atoms with Gasteiger partial charge in [0.15, 0.2) is 11.6 Å². The number of aromatic nitrogens is 3. The maximum Gasteiger partial charge on any atom is 0.416 e. The third-order valence-corrected chi connectivity index (χ3v) is 6.66. The molecular weight excluding hydrogens is 500 g/mol. The van der Waals surface area contributed by atoms with E-state index in [2.05, 4.69) is 20.3 Å². The van der Waals surface area contributed by atoms with E-state index in [1.807, 2.05) is 4.90 Å². The fourth-order valence-electron chi connectivity index (χ4n) is 4.89. The number of amides is 2. The lowest BCUT2D eigenvalue weighted by molar-refractivity contribution is -0.137. The van der Waals surface area contributed by atoms with E-state index in [4.69, 9.17) is 0 Å². The molecule has 7 nitrogen and oxygen atoms in total. The molecule has 1 atom stereocenters. The number of benzene rings is 2. The van der Waals surface area contributed by atoms with E-state index in [0.29, 0.717) is 42.1 Å². The maximum atomic E-state index is 14.5. The van der Waals surface area contributed by atoms with Crippen molar-refractivity contribution in [1.82, 2.24) is 15.0 Å². The Balaban J connectivity index is 1.35. The van der Waals surface area contributed by atoms with E-state index in [-0.39, 0.29) is 23.1 Å². The van der Waals surface area contributed by atoms with E-state index >= 15 is 0 Å². The van der Waals surface area contributed by atoms with E-state index in [9.17, 15) is 22.4 Å². The van der Waals surface area contributed by atoms with Crippen molar-refractivity contribution in [2.24, 2.45) is 0 Å². The number of fused-ring (bicyclic) bond motifs is 4. The molecule has 2 aliphatic heterocycles. The minimum absolute atomic E-state index is 0.0692. The van der Waals surface area contributed by atoms with E-state index < -0.39 is 23.6 Å². The molecule has 2 bridgehead atoms. The van der Waals surface area contributed by atoms with Gasteiger partial charge in [0.25, 0.3) is 0 Å². The van der Waals surface area contributed by atoms with Crippen LogP contribution in [0.1, 0.15) is 12.0 Å². The molecule has 2 aromatic carbocycles. The van der Waals surface area contributed by atoms with Crippen molar-refractivity contribution >= 4 is 23.2 Å². The second kappa shape index (κ2) is 9.09. The Morgan fingerprint density at radius 1 is 1.00 bits per heavy atom. The molecule has 0 unspecified atom stereocenters. The first kappa shape index (κ1) is 23.8. The summed E-state index contributed by atoms with van der Waals surface area (Å²) in [6.07, 6.45) is 0.899. The summed E-state index contributed by atoms with van der Waals surface area (Å²) in [6, 6.07) is 11.8. The number of rotatable bonds is 3. The summed E-state index contributed by atoms with van der Waals surface area (Å²) in [6.45, 7) is 1.25. The zero-order valence-corrected chi connectivity index (χ0v) is 19.8. The number of pyridine rings is 1. The van der Waals surface area contributed by atoms with Gasteiger partial charge < -0.3 is 10.2 Å². The Kier molecular flexibility index (Phi) is 5.70. The topological polar surface area (TPSA) is 74.2 Å². The zero-order chi connectivity index (χ0) is 26.4. The van der Waals surface area contributed by atoms with Crippen molar-refractivity contribution in [2.75, 3.05) is 28.2 Å². The van der Waals surface area contributed by atoms with Gasteiger partial charge in [-0.2, -0.15) is 13.2 Å². The number of carbonyl (C=O) groups is 1. The fourth-order valence-corrected chi connectivity index (χ4v) is 4.89. The minimum Gasteiger partial charge on any atom is -0.365 e. The summed E-state index contributed by atoms with van der Waals surface area (Å²) < 4.78 is 54.3. The lowest BCUT2D eigenvalue weighted by atomic mass is 10.1. The first-order chi connectivity index (χ1) is 18.3. The quantitative estimate of drug-likeness (QED) is 0.336. The Morgan fingerprint density at radius 2 is 1.84 bits per heavy atom. The van der Waals surface area contributed by atoms with E-state index in [0.717, 1.165) is 12.1 Å². The van der Waals surface area contributed by atoms with Crippen molar-refractivity contribution < 1.29 is 22.4 Å². The fraction of sp³-hybridized carbons (Fsp3) is 0.185. The minimum atomic E-state index is -4.51. The predicted octanol–water partition coefficient (Wildman–Crippen LogP) is 5.99. The van der Waals surface area contributed by atoms with Crippen LogP contribution in [-0.2, 0) is 6.18 Å². The Hall–Kier alpha value is -4.54. The largest absolute Gasteiger partial charge is 0.416 e. The third kappa shape index (κ3) is 4.40.